The molecule has 0 aromatic rings. The van der Waals surface area contributed by atoms with Gasteiger partial charge in [-0.25, -0.2) is 4.79 Å². The molecule has 0 aromatic carbocycles. The number of hydrogen-bond acceptors (Lipinski definition) is 3. The Balaban J connectivity index is 2.92. The second-order valence-electron chi connectivity index (χ2n) is 4.85. The third-order valence-electron chi connectivity index (χ3n) is 2.86. The number of carbonyl (C=O) groups excluding carboxylic acids is 2. The molecule has 1 N–H and O–H groups in total. The first-order valence-electron chi connectivity index (χ1n) is 6.01. The number of aliphatic carboxylic acids is 1. The maximum atomic E-state index is 11.8. The van der Waals surface area contributed by atoms with Crippen molar-refractivity contribution in [1.29, 1.82) is 0 Å². The first-order valence-corrected chi connectivity index (χ1v) is 6.01. The van der Waals surface area contributed by atoms with Gasteiger partial charge in [-0.3, -0.25) is 14.5 Å². The standard InChI is InChI=1S/C12H19NO4/c1-8(2)7-9(12(16)17)13-10(14)5-3-4-6-11(13)15/h8-9H,3-7H2,1-2H3,(H,16,17). The third-order valence-corrected chi connectivity index (χ3v) is 2.86. The maximum Gasteiger partial charge on any atom is 0.326 e. The number of carboxylic acids is 1. The molecular weight excluding hydrogens is 222 g/mol. The molecule has 5 heteroatoms. The van der Waals surface area contributed by atoms with Gasteiger partial charge in [0.1, 0.15) is 6.04 Å². The number of carbonyl (C=O) groups is 3. The van der Waals surface area contributed by atoms with Crippen LogP contribution in [0.4, 0.5) is 0 Å². The van der Waals surface area contributed by atoms with E-state index in [1.807, 2.05) is 13.8 Å². The Morgan fingerprint density at radius 2 is 1.71 bits per heavy atom. The minimum atomic E-state index is -1.10. The number of imide groups is 1. The lowest BCUT2D eigenvalue weighted by Crippen LogP contribution is -2.48. The number of amides is 2. The summed E-state index contributed by atoms with van der Waals surface area (Å²) in [4.78, 5) is 35.7. The van der Waals surface area contributed by atoms with Gasteiger partial charge in [0.25, 0.3) is 0 Å². The lowest BCUT2D eigenvalue weighted by Gasteiger charge is -2.27. The number of hydrogen-bond donors (Lipinski definition) is 1. The molecule has 1 aliphatic rings. The lowest BCUT2D eigenvalue weighted by atomic mass is 10.0. The Bertz CT molecular complexity index is 306. The van der Waals surface area contributed by atoms with Crippen LogP contribution in [0, 0.1) is 5.92 Å². The van der Waals surface area contributed by atoms with E-state index in [9.17, 15) is 14.4 Å². The molecule has 0 aromatic heterocycles. The van der Waals surface area contributed by atoms with Crippen LogP contribution in [0.25, 0.3) is 0 Å². The van der Waals surface area contributed by atoms with Crippen molar-refractivity contribution in [3.63, 3.8) is 0 Å². The van der Waals surface area contributed by atoms with Gasteiger partial charge >= 0.3 is 5.97 Å². The molecule has 1 saturated heterocycles. The Morgan fingerprint density at radius 1 is 1.24 bits per heavy atom. The van der Waals surface area contributed by atoms with E-state index in [2.05, 4.69) is 0 Å². The molecule has 96 valence electrons. The van der Waals surface area contributed by atoms with E-state index >= 15 is 0 Å². The fraction of sp³-hybridized carbons (Fsp3) is 0.750. The predicted molar refractivity (Wildman–Crippen MR) is 61.2 cm³/mol. The summed E-state index contributed by atoms with van der Waals surface area (Å²) in [5.41, 5.74) is 0. The second kappa shape index (κ2) is 5.80. The van der Waals surface area contributed by atoms with E-state index in [4.69, 9.17) is 5.11 Å². The lowest BCUT2D eigenvalue weighted by molar-refractivity contribution is -0.158. The fourth-order valence-electron chi connectivity index (χ4n) is 2.04. The monoisotopic (exact) mass is 241 g/mol. The summed E-state index contributed by atoms with van der Waals surface area (Å²) < 4.78 is 0. The van der Waals surface area contributed by atoms with Gasteiger partial charge in [-0.15, -0.1) is 0 Å². The zero-order valence-electron chi connectivity index (χ0n) is 10.3. The molecule has 0 aliphatic carbocycles. The van der Waals surface area contributed by atoms with Crippen molar-refractivity contribution >= 4 is 17.8 Å². The van der Waals surface area contributed by atoms with Crippen molar-refractivity contribution in [2.24, 2.45) is 5.92 Å². The van der Waals surface area contributed by atoms with Gasteiger partial charge in [-0.1, -0.05) is 13.8 Å². The third kappa shape index (κ3) is 3.54. The smallest absolute Gasteiger partial charge is 0.326 e. The van der Waals surface area contributed by atoms with Crippen molar-refractivity contribution < 1.29 is 19.5 Å². The normalized spacial score (nSPS) is 19.4. The van der Waals surface area contributed by atoms with Gasteiger partial charge in [-0.05, 0) is 25.2 Å². The first-order chi connectivity index (χ1) is 7.93. The van der Waals surface area contributed by atoms with Crippen LogP contribution in [0.1, 0.15) is 46.0 Å². The van der Waals surface area contributed by atoms with Crippen LogP contribution in [0.2, 0.25) is 0 Å². The highest BCUT2D eigenvalue weighted by molar-refractivity contribution is 5.99. The van der Waals surface area contributed by atoms with Gasteiger partial charge in [0, 0.05) is 12.8 Å². The summed E-state index contributed by atoms with van der Waals surface area (Å²) in [7, 11) is 0. The number of nitrogens with zero attached hydrogens (tertiary/aromatic N) is 1. The van der Waals surface area contributed by atoms with E-state index in [-0.39, 0.29) is 30.6 Å². The second-order valence-corrected chi connectivity index (χ2v) is 4.85. The predicted octanol–water partition coefficient (Wildman–Crippen LogP) is 1.41. The fourth-order valence-corrected chi connectivity index (χ4v) is 2.04. The summed E-state index contributed by atoms with van der Waals surface area (Å²) in [5.74, 6) is -1.66. The van der Waals surface area contributed by atoms with Crippen molar-refractivity contribution in [3.05, 3.63) is 0 Å². The molecule has 0 radical (unpaired) electrons. The van der Waals surface area contributed by atoms with E-state index < -0.39 is 12.0 Å². The Hall–Kier alpha value is -1.39. The topological polar surface area (TPSA) is 74.7 Å². The molecule has 17 heavy (non-hydrogen) atoms. The molecule has 0 spiro atoms. The van der Waals surface area contributed by atoms with Gasteiger partial charge in [0.15, 0.2) is 0 Å². The van der Waals surface area contributed by atoms with Crippen molar-refractivity contribution in [3.8, 4) is 0 Å². The molecule has 5 nitrogen and oxygen atoms in total. The van der Waals surface area contributed by atoms with E-state index in [1.165, 1.54) is 0 Å². The van der Waals surface area contributed by atoms with Crippen LogP contribution < -0.4 is 0 Å². The van der Waals surface area contributed by atoms with Crippen molar-refractivity contribution in [1.82, 2.24) is 4.90 Å². The summed E-state index contributed by atoms with van der Waals surface area (Å²) in [6.45, 7) is 3.76. The van der Waals surface area contributed by atoms with Crippen LogP contribution in [0.15, 0.2) is 0 Å². The zero-order valence-corrected chi connectivity index (χ0v) is 10.3. The van der Waals surface area contributed by atoms with E-state index in [0.717, 1.165) is 4.90 Å². The molecule has 0 bridgehead atoms. The average Bonchev–Trinajstić information content (AvgIpc) is 2.37. The highest BCUT2D eigenvalue weighted by Gasteiger charge is 2.35. The summed E-state index contributed by atoms with van der Waals surface area (Å²) in [6.07, 6.45) is 2.18. The van der Waals surface area contributed by atoms with Crippen LogP contribution in [0.3, 0.4) is 0 Å². The largest absolute Gasteiger partial charge is 0.480 e. The molecule has 1 heterocycles. The minimum Gasteiger partial charge on any atom is -0.480 e. The summed E-state index contributed by atoms with van der Waals surface area (Å²) in [5, 5.41) is 9.16. The number of carboxylic acid groups (broad SMARTS) is 1. The number of likely N-dealkylation sites (tertiary alicyclic amines) is 1. The molecule has 2 amide bonds. The molecule has 1 fully saturated rings. The molecule has 1 aliphatic heterocycles. The van der Waals surface area contributed by atoms with Crippen LogP contribution in [-0.2, 0) is 14.4 Å². The summed E-state index contributed by atoms with van der Waals surface area (Å²) >= 11 is 0. The van der Waals surface area contributed by atoms with Gasteiger partial charge in [0.05, 0.1) is 0 Å². The first kappa shape index (κ1) is 13.7. The Kier molecular flexibility index (Phi) is 4.66. The van der Waals surface area contributed by atoms with Crippen LogP contribution in [-0.4, -0.2) is 33.8 Å². The summed E-state index contributed by atoms with van der Waals surface area (Å²) in [6, 6.07) is -1.01. The number of rotatable bonds is 4. The SMILES string of the molecule is CC(C)CC(C(=O)O)N1C(=O)CCCCC1=O. The van der Waals surface area contributed by atoms with Gasteiger partial charge in [0.2, 0.25) is 11.8 Å². The highest BCUT2D eigenvalue weighted by atomic mass is 16.4. The minimum absolute atomic E-state index is 0.125. The molecule has 1 atom stereocenters. The van der Waals surface area contributed by atoms with Gasteiger partial charge < -0.3 is 5.11 Å². The average molecular weight is 241 g/mol. The molecule has 0 saturated carbocycles. The Morgan fingerprint density at radius 3 is 2.06 bits per heavy atom. The highest BCUT2D eigenvalue weighted by Crippen LogP contribution is 2.19. The van der Waals surface area contributed by atoms with Gasteiger partial charge in [-0.2, -0.15) is 0 Å². The van der Waals surface area contributed by atoms with Crippen LogP contribution >= 0.6 is 0 Å². The van der Waals surface area contributed by atoms with E-state index in [0.29, 0.717) is 19.3 Å². The molecule has 1 unspecified atom stereocenters. The molecular formula is C12H19NO4. The molecule has 1 rings (SSSR count). The zero-order chi connectivity index (χ0) is 13.0. The van der Waals surface area contributed by atoms with Crippen molar-refractivity contribution in [2.45, 2.75) is 52.0 Å². The Labute approximate surface area is 101 Å². The van der Waals surface area contributed by atoms with Crippen molar-refractivity contribution in [2.75, 3.05) is 0 Å². The van der Waals surface area contributed by atoms with Crippen LogP contribution in [0.5, 0.6) is 0 Å². The van der Waals surface area contributed by atoms with E-state index in [1.54, 1.807) is 0 Å². The maximum absolute atomic E-state index is 11.8. The quantitative estimate of drug-likeness (QED) is 0.755.